The Morgan fingerprint density at radius 2 is 1.79 bits per heavy atom. The van der Waals surface area contributed by atoms with Gasteiger partial charge in [0.2, 0.25) is 11.8 Å². The number of nitrogens with zero attached hydrogens (tertiary/aromatic N) is 2. The van der Waals surface area contributed by atoms with E-state index >= 15 is 0 Å². The van der Waals surface area contributed by atoms with Crippen LogP contribution in [0.25, 0.3) is 0 Å². The minimum atomic E-state index is -0.379. The lowest BCUT2D eigenvalue weighted by molar-refractivity contribution is -0.140. The molecule has 0 N–H and O–H groups in total. The fraction of sp³-hybridized carbons (Fsp3) is 0.444. The lowest BCUT2D eigenvalue weighted by Gasteiger charge is -2.25. The van der Waals surface area contributed by atoms with E-state index in [1.165, 1.54) is 6.92 Å². The average molecular weight is 467 g/mol. The van der Waals surface area contributed by atoms with Gasteiger partial charge in [0.15, 0.2) is 0 Å². The summed E-state index contributed by atoms with van der Waals surface area (Å²) in [6, 6.07) is 17.6. The first-order valence-electron chi connectivity index (χ1n) is 11.7. The standard InChI is InChI=1S/C27H34N2O5/c1-20(21(2)30)14-26(31)29-17-25(34-19-23-10-7-11-24(15-23)33-3)16-28(27(32)18-29)13-12-22-8-5-4-6-9-22/h4-11,15,20,25H,12-14,16-19H2,1-3H3/t20-,25-/m1/s1. The number of rotatable bonds is 10. The summed E-state index contributed by atoms with van der Waals surface area (Å²) in [5.41, 5.74) is 2.10. The first kappa shape index (κ1) is 25.4. The Kier molecular flexibility index (Phi) is 9.22. The maximum atomic E-state index is 13.1. The zero-order valence-corrected chi connectivity index (χ0v) is 20.2. The summed E-state index contributed by atoms with van der Waals surface area (Å²) >= 11 is 0. The Labute approximate surface area is 201 Å². The molecule has 0 radical (unpaired) electrons. The minimum Gasteiger partial charge on any atom is -0.497 e. The molecule has 2 aromatic carbocycles. The molecule has 3 rings (SSSR count). The molecule has 0 saturated carbocycles. The second kappa shape index (κ2) is 12.3. The van der Waals surface area contributed by atoms with Gasteiger partial charge in [-0.2, -0.15) is 0 Å². The van der Waals surface area contributed by atoms with E-state index in [1.807, 2.05) is 54.6 Å². The van der Waals surface area contributed by atoms with Crippen LogP contribution >= 0.6 is 0 Å². The fourth-order valence-corrected chi connectivity index (χ4v) is 3.91. The van der Waals surface area contributed by atoms with Crippen LogP contribution in [-0.2, 0) is 32.1 Å². The van der Waals surface area contributed by atoms with Gasteiger partial charge < -0.3 is 19.3 Å². The smallest absolute Gasteiger partial charge is 0.242 e. The number of carbonyl (C=O) groups is 3. The summed E-state index contributed by atoms with van der Waals surface area (Å²) in [7, 11) is 1.62. The Morgan fingerprint density at radius 1 is 1.06 bits per heavy atom. The van der Waals surface area contributed by atoms with E-state index < -0.39 is 0 Å². The molecule has 1 fully saturated rings. The predicted octanol–water partition coefficient (Wildman–Crippen LogP) is 3.11. The molecule has 2 atom stereocenters. The van der Waals surface area contributed by atoms with E-state index in [-0.39, 0.29) is 42.6 Å². The van der Waals surface area contributed by atoms with Crippen LogP contribution in [0, 0.1) is 5.92 Å². The van der Waals surface area contributed by atoms with Gasteiger partial charge in [-0.15, -0.1) is 0 Å². The Balaban J connectivity index is 1.71. The highest BCUT2D eigenvalue weighted by Gasteiger charge is 2.31. The van der Waals surface area contributed by atoms with Gasteiger partial charge in [-0.3, -0.25) is 14.4 Å². The van der Waals surface area contributed by atoms with Gasteiger partial charge in [-0.25, -0.2) is 0 Å². The largest absolute Gasteiger partial charge is 0.497 e. The lowest BCUT2D eigenvalue weighted by Crippen LogP contribution is -2.40. The Hall–Kier alpha value is -3.19. The molecule has 2 aromatic rings. The van der Waals surface area contributed by atoms with Crippen molar-refractivity contribution in [2.75, 3.05) is 33.3 Å². The number of ether oxygens (including phenoxy) is 2. The monoisotopic (exact) mass is 466 g/mol. The van der Waals surface area contributed by atoms with Gasteiger partial charge in [0.05, 0.1) is 26.4 Å². The highest BCUT2D eigenvalue weighted by Crippen LogP contribution is 2.17. The molecule has 0 aromatic heterocycles. The number of hydrogen-bond donors (Lipinski definition) is 0. The van der Waals surface area contributed by atoms with Gasteiger partial charge in [-0.1, -0.05) is 49.4 Å². The molecule has 2 amide bonds. The third-order valence-electron chi connectivity index (χ3n) is 6.19. The number of Topliss-reactive ketones (excluding diaryl/α,β-unsaturated/α-hetero) is 1. The number of methoxy groups -OCH3 is 1. The number of benzene rings is 2. The van der Waals surface area contributed by atoms with Crippen molar-refractivity contribution in [3.05, 3.63) is 65.7 Å². The van der Waals surface area contributed by atoms with Crippen LogP contribution in [0.1, 0.15) is 31.4 Å². The lowest BCUT2D eigenvalue weighted by atomic mass is 10.0. The van der Waals surface area contributed by atoms with Gasteiger partial charge in [0.25, 0.3) is 0 Å². The number of carbonyl (C=O) groups excluding carboxylic acids is 3. The van der Waals surface area contributed by atoms with Crippen LogP contribution in [0.5, 0.6) is 5.75 Å². The van der Waals surface area contributed by atoms with E-state index in [1.54, 1.807) is 23.8 Å². The average Bonchev–Trinajstić information content (AvgIpc) is 3.00. The quantitative estimate of drug-likeness (QED) is 0.538. The van der Waals surface area contributed by atoms with Crippen molar-refractivity contribution >= 4 is 17.6 Å². The van der Waals surface area contributed by atoms with Crippen molar-refractivity contribution in [2.45, 2.75) is 39.4 Å². The van der Waals surface area contributed by atoms with Crippen LogP contribution in [0.2, 0.25) is 0 Å². The normalized spacial score (nSPS) is 17.3. The van der Waals surface area contributed by atoms with E-state index in [0.29, 0.717) is 26.2 Å². The van der Waals surface area contributed by atoms with Gasteiger partial charge in [-0.05, 0) is 36.6 Å². The summed E-state index contributed by atoms with van der Waals surface area (Å²) in [6.07, 6.45) is 0.477. The van der Waals surface area contributed by atoms with E-state index in [2.05, 4.69) is 0 Å². The van der Waals surface area contributed by atoms with Crippen LogP contribution in [-0.4, -0.2) is 66.8 Å². The van der Waals surface area contributed by atoms with E-state index in [0.717, 1.165) is 23.3 Å². The number of ketones is 1. The molecular formula is C27H34N2O5. The molecule has 1 saturated heterocycles. The molecule has 1 aliphatic rings. The van der Waals surface area contributed by atoms with E-state index in [4.69, 9.17) is 9.47 Å². The predicted molar refractivity (Wildman–Crippen MR) is 129 cm³/mol. The highest BCUT2D eigenvalue weighted by atomic mass is 16.5. The van der Waals surface area contributed by atoms with Crippen LogP contribution in [0.4, 0.5) is 0 Å². The molecule has 1 aliphatic heterocycles. The van der Waals surface area contributed by atoms with Crippen molar-refractivity contribution in [1.29, 1.82) is 0 Å². The second-order valence-electron chi connectivity index (χ2n) is 8.85. The molecule has 0 aliphatic carbocycles. The molecule has 7 heteroatoms. The number of hydrogen-bond acceptors (Lipinski definition) is 5. The maximum absolute atomic E-state index is 13.1. The van der Waals surface area contributed by atoms with Crippen molar-refractivity contribution in [1.82, 2.24) is 9.80 Å². The second-order valence-corrected chi connectivity index (χ2v) is 8.85. The molecule has 0 unspecified atom stereocenters. The fourth-order valence-electron chi connectivity index (χ4n) is 3.91. The topological polar surface area (TPSA) is 76.2 Å². The van der Waals surface area contributed by atoms with Crippen LogP contribution in [0.3, 0.4) is 0 Å². The van der Waals surface area contributed by atoms with Gasteiger partial charge in [0, 0.05) is 32.0 Å². The Morgan fingerprint density at radius 3 is 2.50 bits per heavy atom. The van der Waals surface area contributed by atoms with Crippen molar-refractivity contribution in [2.24, 2.45) is 5.92 Å². The molecule has 1 heterocycles. The zero-order chi connectivity index (χ0) is 24.5. The summed E-state index contributed by atoms with van der Waals surface area (Å²) < 4.78 is 11.5. The summed E-state index contributed by atoms with van der Waals surface area (Å²) in [5, 5.41) is 0. The molecule has 0 spiro atoms. The molecular weight excluding hydrogens is 432 g/mol. The van der Waals surface area contributed by atoms with Crippen molar-refractivity contribution in [3.63, 3.8) is 0 Å². The first-order chi connectivity index (χ1) is 16.4. The van der Waals surface area contributed by atoms with Gasteiger partial charge >= 0.3 is 0 Å². The zero-order valence-electron chi connectivity index (χ0n) is 20.2. The third-order valence-corrected chi connectivity index (χ3v) is 6.19. The van der Waals surface area contributed by atoms with Crippen molar-refractivity contribution < 1.29 is 23.9 Å². The van der Waals surface area contributed by atoms with Crippen LogP contribution in [0.15, 0.2) is 54.6 Å². The van der Waals surface area contributed by atoms with E-state index in [9.17, 15) is 14.4 Å². The molecule has 182 valence electrons. The van der Waals surface area contributed by atoms with Crippen LogP contribution < -0.4 is 4.74 Å². The Bertz CT molecular complexity index is 978. The minimum absolute atomic E-state index is 0.00271. The van der Waals surface area contributed by atoms with Gasteiger partial charge in [0.1, 0.15) is 11.5 Å². The van der Waals surface area contributed by atoms with Crippen molar-refractivity contribution in [3.8, 4) is 5.75 Å². The summed E-state index contributed by atoms with van der Waals surface area (Å²) in [6.45, 7) is 4.82. The molecule has 7 nitrogen and oxygen atoms in total. The summed E-state index contributed by atoms with van der Waals surface area (Å²) in [5.74, 6) is 0.0286. The maximum Gasteiger partial charge on any atom is 0.242 e. The molecule has 0 bridgehead atoms. The SMILES string of the molecule is COc1cccc(CO[C@@H]2CN(CCc3ccccc3)C(=O)CN(C(=O)C[C@@H](C)C(C)=O)C2)c1. The third kappa shape index (κ3) is 7.42. The first-order valence-corrected chi connectivity index (χ1v) is 11.7. The summed E-state index contributed by atoms with van der Waals surface area (Å²) in [4.78, 5) is 41.0. The molecule has 34 heavy (non-hydrogen) atoms. The number of amides is 2. The highest BCUT2D eigenvalue weighted by molar-refractivity contribution is 5.88.